The van der Waals surface area contributed by atoms with Crippen LogP contribution in [0.1, 0.15) is 21.5 Å². The molecule has 104 valence electrons. The molecule has 1 amide bonds. The van der Waals surface area contributed by atoms with Gasteiger partial charge in [0.25, 0.3) is 5.91 Å². The van der Waals surface area contributed by atoms with Crippen LogP contribution in [0, 0.1) is 13.8 Å². The lowest BCUT2D eigenvalue weighted by molar-refractivity contribution is 0.0961. The van der Waals surface area contributed by atoms with Crippen LogP contribution in [0.2, 0.25) is 0 Å². The van der Waals surface area contributed by atoms with E-state index >= 15 is 0 Å². The van der Waals surface area contributed by atoms with Gasteiger partial charge < -0.3 is 15.8 Å². The van der Waals surface area contributed by atoms with Gasteiger partial charge in [0.1, 0.15) is 11.5 Å². The summed E-state index contributed by atoms with van der Waals surface area (Å²) in [7, 11) is 1.58. The lowest BCUT2D eigenvalue weighted by Crippen LogP contribution is -2.18. The number of carbonyl (C=O) groups excluding carboxylic acids is 1. The summed E-state index contributed by atoms with van der Waals surface area (Å²) >= 11 is 0. The van der Waals surface area contributed by atoms with E-state index in [0.29, 0.717) is 22.7 Å². The average Bonchev–Trinajstić information content (AvgIpc) is 2.42. The lowest BCUT2D eigenvalue weighted by atomic mass is 10.1. The van der Waals surface area contributed by atoms with Crippen molar-refractivity contribution in [2.45, 2.75) is 13.8 Å². The minimum atomic E-state index is -0.205. The molecule has 4 nitrogen and oxygen atoms in total. The number of nitrogens with two attached hydrogens (primary N) is 1. The molecular formula is C16H18N2O2. The quantitative estimate of drug-likeness (QED) is 0.842. The highest BCUT2D eigenvalue weighted by molar-refractivity contribution is 5.97. The predicted octanol–water partition coefficient (Wildman–Crippen LogP) is 3.04. The standard InChI is InChI=1S/C16H18N2O2/c1-10-4-6-13(8-11(10)2)20-15-9-12(17)5-7-14(15)16(19)18-3/h4-9H,17H2,1-3H3,(H,18,19). The summed E-state index contributed by atoms with van der Waals surface area (Å²) < 4.78 is 5.81. The summed E-state index contributed by atoms with van der Waals surface area (Å²) in [6, 6.07) is 10.8. The van der Waals surface area contributed by atoms with Crippen molar-refractivity contribution in [1.29, 1.82) is 0 Å². The Morgan fingerprint density at radius 3 is 2.50 bits per heavy atom. The second-order valence-corrected chi connectivity index (χ2v) is 4.68. The van der Waals surface area contributed by atoms with E-state index in [1.165, 1.54) is 5.56 Å². The second-order valence-electron chi connectivity index (χ2n) is 4.68. The van der Waals surface area contributed by atoms with Crippen LogP contribution in [0.4, 0.5) is 5.69 Å². The molecule has 0 radical (unpaired) electrons. The molecule has 3 N–H and O–H groups in total. The lowest BCUT2D eigenvalue weighted by Gasteiger charge is -2.12. The number of benzene rings is 2. The zero-order valence-electron chi connectivity index (χ0n) is 11.9. The van der Waals surface area contributed by atoms with Gasteiger partial charge in [-0.2, -0.15) is 0 Å². The van der Waals surface area contributed by atoms with Gasteiger partial charge in [0.05, 0.1) is 5.56 Å². The molecule has 2 rings (SSSR count). The first-order chi connectivity index (χ1) is 9.51. The van der Waals surface area contributed by atoms with Gasteiger partial charge in [-0.1, -0.05) is 6.07 Å². The number of nitrogens with one attached hydrogen (secondary N) is 1. The zero-order valence-corrected chi connectivity index (χ0v) is 11.9. The van der Waals surface area contributed by atoms with Gasteiger partial charge >= 0.3 is 0 Å². The topological polar surface area (TPSA) is 64.4 Å². The Bertz CT molecular complexity index is 651. The molecule has 2 aromatic rings. The molecule has 0 unspecified atom stereocenters. The van der Waals surface area contributed by atoms with Gasteiger partial charge in [-0.15, -0.1) is 0 Å². The second kappa shape index (κ2) is 5.65. The first-order valence-corrected chi connectivity index (χ1v) is 6.38. The van der Waals surface area contributed by atoms with Gasteiger partial charge in [0, 0.05) is 18.8 Å². The summed E-state index contributed by atoms with van der Waals surface area (Å²) in [6.07, 6.45) is 0. The van der Waals surface area contributed by atoms with Crippen molar-refractivity contribution in [1.82, 2.24) is 5.32 Å². The number of hydrogen-bond acceptors (Lipinski definition) is 3. The minimum Gasteiger partial charge on any atom is -0.456 e. The van der Waals surface area contributed by atoms with E-state index in [1.807, 2.05) is 32.0 Å². The number of anilines is 1. The molecule has 0 aliphatic rings. The SMILES string of the molecule is CNC(=O)c1ccc(N)cc1Oc1ccc(C)c(C)c1. The molecule has 0 aliphatic heterocycles. The van der Waals surface area contributed by atoms with E-state index < -0.39 is 0 Å². The minimum absolute atomic E-state index is 0.205. The van der Waals surface area contributed by atoms with Gasteiger partial charge in [-0.3, -0.25) is 4.79 Å². The number of ether oxygens (including phenoxy) is 1. The summed E-state index contributed by atoms with van der Waals surface area (Å²) in [4.78, 5) is 11.8. The number of nitrogen functional groups attached to an aromatic ring is 1. The van der Waals surface area contributed by atoms with E-state index in [-0.39, 0.29) is 5.91 Å². The fraction of sp³-hybridized carbons (Fsp3) is 0.188. The van der Waals surface area contributed by atoms with Crippen LogP contribution in [0.5, 0.6) is 11.5 Å². The normalized spacial score (nSPS) is 10.2. The third kappa shape index (κ3) is 2.91. The Labute approximate surface area is 118 Å². The van der Waals surface area contributed by atoms with Crippen LogP contribution in [0.3, 0.4) is 0 Å². The maximum absolute atomic E-state index is 11.8. The smallest absolute Gasteiger partial charge is 0.254 e. The van der Waals surface area contributed by atoms with E-state index in [4.69, 9.17) is 10.5 Å². The van der Waals surface area contributed by atoms with E-state index in [2.05, 4.69) is 5.32 Å². The summed E-state index contributed by atoms with van der Waals surface area (Å²) in [5, 5.41) is 2.59. The number of carbonyl (C=O) groups is 1. The molecule has 0 saturated heterocycles. The number of rotatable bonds is 3. The summed E-state index contributed by atoms with van der Waals surface area (Å²) in [5.41, 5.74) is 9.10. The number of hydrogen-bond donors (Lipinski definition) is 2. The molecule has 4 heteroatoms. The summed E-state index contributed by atoms with van der Waals surface area (Å²) in [5.74, 6) is 0.931. The third-order valence-electron chi connectivity index (χ3n) is 3.18. The molecule has 0 atom stereocenters. The Balaban J connectivity index is 2.38. The summed E-state index contributed by atoms with van der Waals surface area (Å²) in [6.45, 7) is 4.05. The van der Waals surface area contributed by atoms with E-state index in [9.17, 15) is 4.79 Å². The van der Waals surface area contributed by atoms with Crippen LogP contribution >= 0.6 is 0 Å². The van der Waals surface area contributed by atoms with Crippen molar-refractivity contribution in [3.05, 3.63) is 53.1 Å². The van der Waals surface area contributed by atoms with Crippen LogP contribution in [-0.4, -0.2) is 13.0 Å². The Morgan fingerprint density at radius 2 is 1.85 bits per heavy atom. The Kier molecular flexibility index (Phi) is 3.94. The zero-order chi connectivity index (χ0) is 14.7. The highest BCUT2D eigenvalue weighted by atomic mass is 16.5. The molecule has 0 aliphatic carbocycles. The Morgan fingerprint density at radius 1 is 1.10 bits per heavy atom. The number of amides is 1. The first-order valence-electron chi connectivity index (χ1n) is 6.38. The van der Waals surface area contributed by atoms with Crippen molar-refractivity contribution in [2.75, 3.05) is 12.8 Å². The maximum atomic E-state index is 11.8. The fourth-order valence-electron chi connectivity index (χ4n) is 1.85. The van der Waals surface area contributed by atoms with Crippen molar-refractivity contribution in [3.8, 4) is 11.5 Å². The molecule has 0 saturated carbocycles. The molecule has 2 aromatic carbocycles. The molecule has 0 fully saturated rings. The predicted molar refractivity (Wildman–Crippen MR) is 80.2 cm³/mol. The highest BCUT2D eigenvalue weighted by Crippen LogP contribution is 2.28. The first kappa shape index (κ1) is 13.9. The van der Waals surface area contributed by atoms with Gasteiger partial charge in [0.15, 0.2) is 0 Å². The number of aryl methyl sites for hydroxylation is 2. The molecule has 0 bridgehead atoms. The Hall–Kier alpha value is -2.49. The van der Waals surface area contributed by atoms with Crippen LogP contribution in [0.15, 0.2) is 36.4 Å². The molecule has 0 spiro atoms. The van der Waals surface area contributed by atoms with Gasteiger partial charge in [-0.25, -0.2) is 0 Å². The van der Waals surface area contributed by atoms with Crippen LogP contribution < -0.4 is 15.8 Å². The molecule has 0 heterocycles. The molecule has 20 heavy (non-hydrogen) atoms. The highest BCUT2D eigenvalue weighted by Gasteiger charge is 2.12. The largest absolute Gasteiger partial charge is 0.456 e. The van der Waals surface area contributed by atoms with Crippen molar-refractivity contribution >= 4 is 11.6 Å². The van der Waals surface area contributed by atoms with Crippen molar-refractivity contribution < 1.29 is 9.53 Å². The monoisotopic (exact) mass is 270 g/mol. The van der Waals surface area contributed by atoms with Gasteiger partial charge in [0.2, 0.25) is 0 Å². The van der Waals surface area contributed by atoms with Gasteiger partial charge in [-0.05, 0) is 49.2 Å². The molecular weight excluding hydrogens is 252 g/mol. The maximum Gasteiger partial charge on any atom is 0.254 e. The van der Waals surface area contributed by atoms with E-state index in [0.717, 1.165) is 5.56 Å². The van der Waals surface area contributed by atoms with E-state index in [1.54, 1.807) is 25.2 Å². The van der Waals surface area contributed by atoms with Crippen molar-refractivity contribution in [2.24, 2.45) is 0 Å². The van der Waals surface area contributed by atoms with Crippen LogP contribution in [-0.2, 0) is 0 Å². The fourth-order valence-corrected chi connectivity index (χ4v) is 1.85. The third-order valence-corrected chi connectivity index (χ3v) is 3.18. The average molecular weight is 270 g/mol. The molecule has 0 aromatic heterocycles. The van der Waals surface area contributed by atoms with Crippen LogP contribution in [0.25, 0.3) is 0 Å². The van der Waals surface area contributed by atoms with Crippen molar-refractivity contribution in [3.63, 3.8) is 0 Å².